The van der Waals surface area contributed by atoms with Crippen LogP contribution in [0.25, 0.3) is 0 Å². The van der Waals surface area contributed by atoms with Gasteiger partial charge in [0.25, 0.3) is 0 Å². The molecular weight excluding hydrogens is 222 g/mol. The van der Waals surface area contributed by atoms with E-state index in [9.17, 15) is 13.9 Å². The Labute approximate surface area is 100 Å². The maximum Gasteiger partial charge on any atom is 0.129 e. The number of aliphatic hydroxyl groups is 1. The topological polar surface area (TPSA) is 20.2 Å². The zero-order chi connectivity index (χ0) is 12.8. The van der Waals surface area contributed by atoms with Gasteiger partial charge in [-0.1, -0.05) is 20.8 Å². The molecular formula is C14H18F2O. The minimum Gasteiger partial charge on any atom is -0.385 e. The number of benzene rings is 1. The lowest BCUT2D eigenvalue weighted by Crippen LogP contribution is -2.30. The van der Waals surface area contributed by atoms with E-state index in [0.29, 0.717) is 6.42 Å². The molecule has 3 heteroatoms. The largest absolute Gasteiger partial charge is 0.385 e. The fourth-order valence-corrected chi connectivity index (χ4v) is 3.16. The van der Waals surface area contributed by atoms with E-state index in [2.05, 4.69) is 0 Å². The minimum absolute atomic E-state index is 0.0487. The quantitative estimate of drug-likeness (QED) is 0.795. The van der Waals surface area contributed by atoms with E-state index in [4.69, 9.17) is 0 Å². The molecule has 0 amide bonds. The SMILES string of the molecule is CC1CC(C)(C)CC1(O)c1cc(F)ccc1F. The molecule has 2 rings (SSSR count). The molecule has 1 aromatic carbocycles. The summed E-state index contributed by atoms with van der Waals surface area (Å²) in [5.74, 6) is -1.11. The minimum atomic E-state index is -1.25. The standard InChI is InChI=1S/C14H18F2O/c1-9-7-13(2,3)8-14(9,17)11-6-10(15)4-5-12(11)16/h4-6,9,17H,7-8H2,1-3H3. The van der Waals surface area contributed by atoms with Crippen LogP contribution in [0.5, 0.6) is 0 Å². The van der Waals surface area contributed by atoms with Crippen molar-refractivity contribution in [1.82, 2.24) is 0 Å². The lowest BCUT2D eigenvalue weighted by atomic mass is 9.83. The molecule has 0 heterocycles. The van der Waals surface area contributed by atoms with Crippen LogP contribution in [0.15, 0.2) is 18.2 Å². The number of halogens is 2. The van der Waals surface area contributed by atoms with Crippen LogP contribution in [-0.4, -0.2) is 5.11 Å². The Balaban J connectivity index is 2.48. The second-order valence-corrected chi connectivity index (χ2v) is 5.99. The van der Waals surface area contributed by atoms with Crippen LogP contribution in [0, 0.1) is 23.0 Å². The molecule has 1 aliphatic carbocycles. The monoisotopic (exact) mass is 240 g/mol. The fourth-order valence-electron chi connectivity index (χ4n) is 3.16. The highest BCUT2D eigenvalue weighted by atomic mass is 19.1. The average Bonchev–Trinajstić information content (AvgIpc) is 2.40. The first-order valence-corrected chi connectivity index (χ1v) is 5.92. The van der Waals surface area contributed by atoms with E-state index < -0.39 is 17.2 Å². The summed E-state index contributed by atoms with van der Waals surface area (Å²) in [4.78, 5) is 0. The van der Waals surface area contributed by atoms with Gasteiger partial charge in [0.2, 0.25) is 0 Å². The van der Waals surface area contributed by atoms with Crippen molar-refractivity contribution in [3.8, 4) is 0 Å². The highest BCUT2D eigenvalue weighted by Gasteiger charge is 2.49. The van der Waals surface area contributed by atoms with Crippen LogP contribution in [0.1, 0.15) is 39.2 Å². The van der Waals surface area contributed by atoms with Crippen molar-refractivity contribution in [3.63, 3.8) is 0 Å². The molecule has 1 fully saturated rings. The Bertz CT molecular complexity index is 442. The predicted octanol–water partition coefficient (Wildman–Crippen LogP) is 3.61. The second-order valence-electron chi connectivity index (χ2n) is 5.99. The van der Waals surface area contributed by atoms with Gasteiger partial charge in [0, 0.05) is 5.56 Å². The van der Waals surface area contributed by atoms with Crippen molar-refractivity contribution in [1.29, 1.82) is 0 Å². The Kier molecular flexibility index (Phi) is 2.77. The van der Waals surface area contributed by atoms with Gasteiger partial charge in [-0.2, -0.15) is 0 Å². The van der Waals surface area contributed by atoms with Crippen LogP contribution < -0.4 is 0 Å². The zero-order valence-corrected chi connectivity index (χ0v) is 10.4. The van der Waals surface area contributed by atoms with Crippen molar-refractivity contribution in [2.24, 2.45) is 11.3 Å². The van der Waals surface area contributed by atoms with Gasteiger partial charge in [-0.25, -0.2) is 8.78 Å². The van der Waals surface area contributed by atoms with Crippen molar-refractivity contribution in [3.05, 3.63) is 35.4 Å². The molecule has 94 valence electrons. The third kappa shape index (κ3) is 2.08. The van der Waals surface area contributed by atoms with Gasteiger partial charge in [-0.05, 0) is 42.4 Å². The summed E-state index contributed by atoms with van der Waals surface area (Å²) in [5, 5.41) is 10.7. The molecule has 1 nitrogen and oxygen atoms in total. The van der Waals surface area contributed by atoms with E-state index in [0.717, 1.165) is 24.6 Å². The maximum absolute atomic E-state index is 13.8. The molecule has 1 saturated carbocycles. The van der Waals surface area contributed by atoms with Crippen LogP contribution >= 0.6 is 0 Å². The molecule has 0 bridgehead atoms. The Morgan fingerprint density at radius 1 is 1.29 bits per heavy atom. The molecule has 0 aromatic heterocycles. The van der Waals surface area contributed by atoms with E-state index in [-0.39, 0.29) is 16.9 Å². The summed E-state index contributed by atoms with van der Waals surface area (Å²) in [5.41, 5.74) is -1.21. The molecule has 0 aliphatic heterocycles. The second kappa shape index (κ2) is 3.77. The Morgan fingerprint density at radius 2 is 1.94 bits per heavy atom. The van der Waals surface area contributed by atoms with Gasteiger partial charge in [-0.15, -0.1) is 0 Å². The lowest BCUT2D eigenvalue weighted by molar-refractivity contribution is -0.00435. The van der Waals surface area contributed by atoms with Crippen molar-refractivity contribution in [2.45, 2.75) is 39.2 Å². The Morgan fingerprint density at radius 3 is 2.47 bits per heavy atom. The maximum atomic E-state index is 13.8. The van der Waals surface area contributed by atoms with Crippen LogP contribution in [0.3, 0.4) is 0 Å². The van der Waals surface area contributed by atoms with E-state index in [1.54, 1.807) is 0 Å². The first-order valence-electron chi connectivity index (χ1n) is 5.92. The number of hydrogen-bond acceptors (Lipinski definition) is 1. The Hall–Kier alpha value is -0.960. The summed E-state index contributed by atoms with van der Waals surface area (Å²) in [7, 11) is 0. The highest BCUT2D eigenvalue weighted by Crippen LogP contribution is 2.52. The zero-order valence-electron chi connectivity index (χ0n) is 10.4. The van der Waals surface area contributed by atoms with E-state index in [1.165, 1.54) is 0 Å². The van der Waals surface area contributed by atoms with Gasteiger partial charge < -0.3 is 5.11 Å². The van der Waals surface area contributed by atoms with Crippen molar-refractivity contribution in [2.75, 3.05) is 0 Å². The lowest BCUT2D eigenvalue weighted by Gasteiger charge is -2.29. The number of rotatable bonds is 1. The molecule has 0 spiro atoms. The predicted molar refractivity (Wildman–Crippen MR) is 62.4 cm³/mol. The normalized spacial score (nSPS) is 31.8. The smallest absolute Gasteiger partial charge is 0.129 e. The summed E-state index contributed by atoms with van der Waals surface area (Å²) in [6.45, 7) is 5.97. The summed E-state index contributed by atoms with van der Waals surface area (Å²) < 4.78 is 27.0. The third-order valence-corrected chi connectivity index (χ3v) is 3.82. The average molecular weight is 240 g/mol. The fraction of sp³-hybridized carbons (Fsp3) is 0.571. The molecule has 0 saturated heterocycles. The van der Waals surface area contributed by atoms with Gasteiger partial charge in [0.1, 0.15) is 11.6 Å². The first kappa shape index (κ1) is 12.5. The van der Waals surface area contributed by atoms with Gasteiger partial charge in [0.15, 0.2) is 0 Å². The number of hydrogen-bond donors (Lipinski definition) is 1. The summed E-state index contributed by atoms with van der Waals surface area (Å²) in [6, 6.07) is 3.28. The van der Waals surface area contributed by atoms with Crippen molar-refractivity contribution < 1.29 is 13.9 Å². The molecule has 0 radical (unpaired) electrons. The van der Waals surface area contributed by atoms with Gasteiger partial charge in [-0.3, -0.25) is 0 Å². The van der Waals surface area contributed by atoms with Crippen molar-refractivity contribution >= 4 is 0 Å². The van der Waals surface area contributed by atoms with Crippen LogP contribution in [-0.2, 0) is 5.60 Å². The molecule has 1 N–H and O–H groups in total. The third-order valence-electron chi connectivity index (χ3n) is 3.82. The molecule has 2 atom stereocenters. The molecule has 17 heavy (non-hydrogen) atoms. The summed E-state index contributed by atoms with van der Waals surface area (Å²) >= 11 is 0. The first-order chi connectivity index (χ1) is 7.74. The molecule has 1 aliphatic rings. The molecule has 2 unspecified atom stereocenters. The summed E-state index contributed by atoms with van der Waals surface area (Å²) in [6.07, 6.45) is 1.26. The van der Waals surface area contributed by atoms with Crippen LogP contribution in [0.4, 0.5) is 8.78 Å². The van der Waals surface area contributed by atoms with Gasteiger partial charge >= 0.3 is 0 Å². The van der Waals surface area contributed by atoms with Gasteiger partial charge in [0.05, 0.1) is 5.60 Å². The van der Waals surface area contributed by atoms with Crippen LogP contribution in [0.2, 0.25) is 0 Å². The van der Waals surface area contributed by atoms with E-state index in [1.807, 2.05) is 20.8 Å². The van der Waals surface area contributed by atoms with E-state index >= 15 is 0 Å². The molecule has 1 aromatic rings. The highest BCUT2D eigenvalue weighted by molar-refractivity contribution is 5.28.